The van der Waals surface area contributed by atoms with Gasteiger partial charge in [-0.2, -0.15) is 0 Å². The molecule has 0 amide bonds. The highest BCUT2D eigenvalue weighted by Crippen LogP contribution is 2.29. The van der Waals surface area contributed by atoms with Crippen LogP contribution in [0.5, 0.6) is 0 Å². The molecule has 2 N–H and O–H groups in total. The summed E-state index contributed by atoms with van der Waals surface area (Å²) in [6, 6.07) is 3.61. The van der Waals surface area contributed by atoms with E-state index in [4.69, 9.17) is 0 Å². The van der Waals surface area contributed by atoms with Gasteiger partial charge in [0.1, 0.15) is 5.82 Å². The van der Waals surface area contributed by atoms with E-state index in [2.05, 4.69) is 17.6 Å². The molecule has 0 aliphatic heterocycles. The van der Waals surface area contributed by atoms with Gasteiger partial charge < -0.3 is 10.2 Å². The first-order chi connectivity index (χ1) is 7.50. The van der Waals surface area contributed by atoms with Crippen molar-refractivity contribution < 1.29 is 14.6 Å². The van der Waals surface area contributed by atoms with Crippen LogP contribution in [-0.2, 0) is 5.79 Å². The Kier molecular flexibility index (Phi) is 2.98. The number of nitrogens with zero attached hydrogens (tertiary/aromatic N) is 1. The molecular weight excluding hydrogens is 249 g/mol. The first kappa shape index (κ1) is 11.5. The Balaban J connectivity index is 2.51. The molecule has 2 aromatic rings. The fraction of sp³-hybridized carbons (Fsp3) is 0.100. The largest absolute Gasteiger partial charge is 0.356 e. The summed E-state index contributed by atoms with van der Waals surface area (Å²) in [6.45, 7) is 0. The summed E-state index contributed by atoms with van der Waals surface area (Å²) in [5, 5.41) is 21.5. The molecule has 0 spiro atoms. The monoisotopic (exact) mass is 257 g/mol. The van der Waals surface area contributed by atoms with Crippen LogP contribution < -0.4 is 0 Å². The van der Waals surface area contributed by atoms with Gasteiger partial charge in [-0.3, -0.25) is 0 Å². The topological polar surface area (TPSA) is 53.4 Å². The molecule has 0 radical (unpaired) electrons. The Hall–Kier alpha value is -0.950. The van der Waals surface area contributed by atoms with Gasteiger partial charge in [-0.15, -0.1) is 24.0 Å². The van der Waals surface area contributed by atoms with E-state index in [0.29, 0.717) is 4.90 Å². The molecule has 1 aromatic heterocycles. The second-order valence-corrected chi connectivity index (χ2v) is 4.62. The lowest BCUT2D eigenvalue weighted by atomic mass is 10.1. The number of aliphatic hydroxyl groups is 2. The average Bonchev–Trinajstić information content (AvgIpc) is 2.69. The van der Waals surface area contributed by atoms with Crippen molar-refractivity contribution in [1.29, 1.82) is 0 Å². The van der Waals surface area contributed by atoms with Gasteiger partial charge in [0.05, 0.1) is 0 Å². The summed E-state index contributed by atoms with van der Waals surface area (Å²) in [5.41, 5.74) is 0.00690. The van der Waals surface area contributed by atoms with Crippen LogP contribution >= 0.6 is 24.0 Å². The third kappa shape index (κ3) is 2.10. The first-order valence-electron chi connectivity index (χ1n) is 4.35. The number of benzene rings is 1. The normalized spacial score (nSPS) is 11.8. The van der Waals surface area contributed by atoms with Gasteiger partial charge in [0.25, 0.3) is 0 Å². The minimum atomic E-state index is -2.28. The standard InChI is InChI=1S/C10H8FNO2S2/c11-7-3-6(4-8(15)5-7)10(13,14)9-12-1-2-16-9/h1-5,13-15H. The zero-order valence-corrected chi connectivity index (χ0v) is 9.67. The van der Waals surface area contributed by atoms with Crippen LogP contribution in [0.25, 0.3) is 0 Å². The highest BCUT2D eigenvalue weighted by Gasteiger charge is 2.32. The smallest absolute Gasteiger partial charge is 0.244 e. The SMILES string of the molecule is OC(O)(c1cc(F)cc(S)c1)c1nccs1. The van der Waals surface area contributed by atoms with Crippen LogP contribution in [0.2, 0.25) is 0 Å². The van der Waals surface area contributed by atoms with Gasteiger partial charge in [0, 0.05) is 22.0 Å². The zero-order valence-electron chi connectivity index (χ0n) is 7.96. The molecule has 0 atom stereocenters. The lowest BCUT2D eigenvalue weighted by molar-refractivity contribution is -0.132. The van der Waals surface area contributed by atoms with Crippen molar-refractivity contribution in [3.05, 3.63) is 46.2 Å². The Morgan fingerprint density at radius 1 is 1.31 bits per heavy atom. The molecule has 0 fully saturated rings. The molecule has 0 saturated carbocycles. The molecule has 1 heterocycles. The summed E-state index contributed by atoms with van der Waals surface area (Å²) < 4.78 is 13.1. The minimum Gasteiger partial charge on any atom is -0.356 e. The van der Waals surface area contributed by atoms with E-state index in [9.17, 15) is 14.6 Å². The van der Waals surface area contributed by atoms with Crippen molar-refractivity contribution in [2.45, 2.75) is 10.7 Å². The summed E-state index contributed by atoms with van der Waals surface area (Å²) in [4.78, 5) is 4.11. The lowest BCUT2D eigenvalue weighted by Crippen LogP contribution is -2.26. The van der Waals surface area contributed by atoms with E-state index >= 15 is 0 Å². The third-order valence-corrected chi connectivity index (χ3v) is 3.14. The van der Waals surface area contributed by atoms with Crippen molar-refractivity contribution in [3.63, 3.8) is 0 Å². The molecule has 0 aliphatic rings. The Bertz CT molecular complexity index is 479. The quantitative estimate of drug-likeness (QED) is 0.567. The minimum absolute atomic E-state index is 0.00690. The van der Waals surface area contributed by atoms with E-state index < -0.39 is 11.6 Å². The molecule has 6 heteroatoms. The van der Waals surface area contributed by atoms with E-state index in [1.807, 2.05) is 0 Å². The first-order valence-corrected chi connectivity index (χ1v) is 5.67. The van der Waals surface area contributed by atoms with Gasteiger partial charge in [-0.25, -0.2) is 9.37 Å². The average molecular weight is 257 g/mol. The van der Waals surface area contributed by atoms with Crippen molar-refractivity contribution >= 4 is 24.0 Å². The van der Waals surface area contributed by atoms with Crippen LogP contribution in [0.3, 0.4) is 0 Å². The van der Waals surface area contributed by atoms with Gasteiger partial charge >= 0.3 is 0 Å². The van der Waals surface area contributed by atoms with Crippen LogP contribution in [0.4, 0.5) is 4.39 Å². The number of thiol groups is 1. The number of halogens is 1. The van der Waals surface area contributed by atoms with Crippen molar-refractivity contribution in [2.24, 2.45) is 0 Å². The number of aromatic nitrogens is 1. The second kappa shape index (κ2) is 4.14. The Morgan fingerprint density at radius 3 is 2.62 bits per heavy atom. The van der Waals surface area contributed by atoms with Crippen LogP contribution in [0.1, 0.15) is 10.6 Å². The van der Waals surface area contributed by atoms with E-state index in [1.54, 1.807) is 5.38 Å². The maximum atomic E-state index is 13.1. The Labute approximate surface area is 101 Å². The number of hydrogen-bond acceptors (Lipinski definition) is 5. The fourth-order valence-electron chi connectivity index (χ4n) is 1.29. The van der Waals surface area contributed by atoms with Gasteiger partial charge in [-0.1, -0.05) is 0 Å². The maximum Gasteiger partial charge on any atom is 0.244 e. The molecular formula is C10H8FNO2S2. The van der Waals surface area contributed by atoms with Crippen molar-refractivity contribution in [1.82, 2.24) is 4.98 Å². The summed E-state index contributed by atoms with van der Waals surface area (Å²) >= 11 is 5.05. The van der Waals surface area contributed by atoms with E-state index in [-0.39, 0.29) is 10.6 Å². The molecule has 0 bridgehead atoms. The molecule has 0 aliphatic carbocycles. The van der Waals surface area contributed by atoms with Crippen LogP contribution in [0, 0.1) is 5.82 Å². The van der Waals surface area contributed by atoms with Gasteiger partial charge in [-0.05, 0) is 18.2 Å². The fourth-order valence-corrected chi connectivity index (χ4v) is 2.21. The second-order valence-electron chi connectivity index (χ2n) is 3.21. The summed E-state index contributed by atoms with van der Waals surface area (Å²) in [6.07, 6.45) is 1.45. The van der Waals surface area contributed by atoms with Crippen LogP contribution in [-0.4, -0.2) is 15.2 Å². The molecule has 3 nitrogen and oxygen atoms in total. The molecule has 0 unspecified atom stereocenters. The molecule has 0 saturated heterocycles. The van der Waals surface area contributed by atoms with Crippen molar-refractivity contribution in [3.8, 4) is 0 Å². The molecule has 16 heavy (non-hydrogen) atoms. The van der Waals surface area contributed by atoms with Gasteiger partial charge in [0.2, 0.25) is 5.79 Å². The summed E-state index contributed by atoms with van der Waals surface area (Å²) in [7, 11) is 0. The number of thiazole rings is 1. The highest BCUT2D eigenvalue weighted by molar-refractivity contribution is 7.80. The molecule has 2 rings (SSSR count). The van der Waals surface area contributed by atoms with E-state index in [0.717, 1.165) is 17.4 Å². The highest BCUT2D eigenvalue weighted by atomic mass is 32.1. The number of hydrogen-bond donors (Lipinski definition) is 3. The Morgan fingerprint density at radius 2 is 2.06 bits per heavy atom. The zero-order chi connectivity index (χ0) is 11.8. The van der Waals surface area contributed by atoms with Crippen LogP contribution in [0.15, 0.2) is 34.7 Å². The predicted molar refractivity (Wildman–Crippen MR) is 61.0 cm³/mol. The lowest BCUT2D eigenvalue weighted by Gasteiger charge is -2.19. The number of rotatable bonds is 2. The van der Waals surface area contributed by atoms with Crippen molar-refractivity contribution in [2.75, 3.05) is 0 Å². The summed E-state index contributed by atoms with van der Waals surface area (Å²) in [5.74, 6) is -2.86. The molecule has 84 valence electrons. The van der Waals surface area contributed by atoms with Gasteiger partial charge in [0.15, 0.2) is 5.01 Å². The maximum absolute atomic E-state index is 13.1. The van der Waals surface area contributed by atoms with E-state index in [1.165, 1.54) is 18.3 Å². The molecule has 1 aromatic carbocycles. The predicted octanol–water partition coefficient (Wildman–Crippen LogP) is 1.76. The third-order valence-electron chi connectivity index (χ3n) is 2.02.